The fourth-order valence-corrected chi connectivity index (χ4v) is 1.88. The third-order valence-corrected chi connectivity index (χ3v) is 3.01. The molecule has 0 saturated heterocycles. The molecule has 0 spiro atoms. The summed E-state index contributed by atoms with van der Waals surface area (Å²) in [5.41, 5.74) is 2.07. The SMILES string of the molecule is Cc1cnccc1CCNC(=O)c1ccc(O)cc1F. The van der Waals surface area contributed by atoms with Crippen LogP contribution in [0.5, 0.6) is 5.75 Å². The largest absolute Gasteiger partial charge is 0.508 e. The van der Waals surface area contributed by atoms with E-state index in [0.717, 1.165) is 17.2 Å². The summed E-state index contributed by atoms with van der Waals surface area (Å²) in [6.07, 6.45) is 4.11. The number of carbonyl (C=O) groups excluding carboxylic acids is 1. The quantitative estimate of drug-likeness (QED) is 0.898. The van der Waals surface area contributed by atoms with Gasteiger partial charge in [-0.05, 0) is 42.7 Å². The molecule has 0 aliphatic carbocycles. The summed E-state index contributed by atoms with van der Waals surface area (Å²) in [4.78, 5) is 15.8. The van der Waals surface area contributed by atoms with Crippen LogP contribution in [0.15, 0.2) is 36.7 Å². The van der Waals surface area contributed by atoms with Crippen molar-refractivity contribution in [2.45, 2.75) is 13.3 Å². The summed E-state index contributed by atoms with van der Waals surface area (Å²) in [6, 6.07) is 5.35. The van der Waals surface area contributed by atoms with Gasteiger partial charge in [0.1, 0.15) is 11.6 Å². The third kappa shape index (κ3) is 3.32. The first-order valence-electron chi connectivity index (χ1n) is 6.24. The summed E-state index contributed by atoms with van der Waals surface area (Å²) >= 11 is 0. The lowest BCUT2D eigenvalue weighted by Gasteiger charge is -2.08. The third-order valence-electron chi connectivity index (χ3n) is 3.01. The molecule has 2 rings (SSSR count). The van der Waals surface area contributed by atoms with Gasteiger partial charge < -0.3 is 10.4 Å². The maximum absolute atomic E-state index is 13.5. The molecule has 1 aromatic carbocycles. The van der Waals surface area contributed by atoms with E-state index in [1.54, 1.807) is 12.4 Å². The fourth-order valence-electron chi connectivity index (χ4n) is 1.88. The number of aromatic hydroxyl groups is 1. The Labute approximate surface area is 116 Å². The zero-order valence-corrected chi connectivity index (χ0v) is 11.1. The van der Waals surface area contributed by atoms with Crippen LogP contribution in [-0.4, -0.2) is 22.5 Å². The number of nitrogens with one attached hydrogen (secondary N) is 1. The molecular formula is C15H15FN2O2. The van der Waals surface area contributed by atoms with Gasteiger partial charge in [-0.15, -0.1) is 0 Å². The van der Waals surface area contributed by atoms with Crippen LogP contribution >= 0.6 is 0 Å². The van der Waals surface area contributed by atoms with Gasteiger partial charge in [-0.3, -0.25) is 9.78 Å². The van der Waals surface area contributed by atoms with E-state index in [1.807, 2.05) is 13.0 Å². The Morgan fingerprint density at radius 1 is 1.40 bits per heavy atom. The maximum Gasteiger partial charge on any atom is 0.254 e. The molecule has 20 heavy (non-hydrogen) atoms. The number of rotatable bonds is 4. The van der Waals surface area contributed by atoms with Crippen molar-refractivity contribution in [2.75, 3.05) is 6.54 Å². The second-order valence-corrected chi connectivity index (χ2v) is 4.47. The molecule has 5 heteroatoms. The van der Waals surface area contributed by atoms with Crippen molar-refractivity contribution < 1.29 is 14.3 Å². The lowest BCUT2D eigenvalue weighted by Crippen LogP contribution is -2.26. The number of phenolic OH excluding ortho intramolecular Hbond substituents is 1. The number of hydrogen-bond donors (Lipinski definition) is 2. The van der Waals surface area contributed by atoms with Gasteiger partial charge >= 0.3 is 0 Å². The molecule has 4 nitrogen and oxygen atoms in total. The predicted molar refractivity (Wildman–Crippen MR) is 73.1 cm³/mol. The number of pyridine rings is 1. The highest BCUT2D eigenvalue weighted by Gasteiger charge is 2.11. The van der Waals surface area contributed by atoms with Crippen LogP contribution in [0.4, 0.5) is 4.39 Å². The van der Waals surface area contributed by atoms with Crippen molar-refractivity contribution in [1.29, 1.82) is 0 Å². The summed E-state index contributed by atoms with van der Waals surface area (Å²) in [5.74, 6) is -1.43. The molecule has 104 valence electrons. The molecule has 2 N–H and O–H groups in total. The van der Waals surface area contributed by atoms with Crippen LogP contribution in [0.2, 0.25) is 0 Å². The number of hydrogen-bond acceptors (Lipinski definition) is 3. The molecule has 0 fully saturated rings. The number of halogens is 1. The van der Waals surface area contributed by atoms with E-state index in [-0.39, 0.29) is 11.3 Å². The van der Waals surface area contributed by atoms with Gasteiger partial charge in [0, 0.05) is 25.0 Å². The normalized spacial score (nSPS) is 10.3. The van der Waals surface area contributed by atoms with Gasteiger partial charge in [0.2, 0.25) is 0 Å². The van der Waals surface area contributed by atoms with Crippen LogP contribution in [0.25, 0.3) is 0 Å². The standard InChI is InChI=1S/C15H15FN2O2/c1-10-9-17-6-4-11(10)5-7-18-15(20)13-3-2-12(19)8-14(13)16/h2-4,6,8-9,19H,5,7H2,1H3,(H,18,20). The number of amides is 1. The van der Waals surface area contributed by atoms with E-state index in [9.17, 15) is 9.18 Å². The fraction of sp³-hybridized carbons (Fsp3) is 0.200. The van der Waals surface area contributed by atoms with E-state index in [2.05, 4.69) is 10.3 Å². The lowest BCUT2D eigenvalue weighted by atomic mass is 10.1. The van der Waals surface area contributed by atoms with Crippen molar-refractivity contribution in [2.24, 2.45) is 0 Å². The second-order valence-electron chi connectivity index (χ2n) is 4.47. The van der Waals surface area contributed by atoms with Gasteiger partial charge in [0.05, 0.1) is 5.56 Å². The minimum absolute atomic E-state index is 0.0748. The molecule has 0 saturated carbocycles. The average molecular weight is 274 g/mol. The monoisotopic (exact) mass is 274 g/mol. The Hall–Kier alpha value is -2.43. The number of phenols is 1. The second kappa shape index (κ2) is 6.14. The molecule has 0 unspecified atom stereocenters. The van der Waals surface area contributed by atoms with Crippen LogP contribution in [0.3, 0.4) is 0 Å². The Morgan fingerprint density at radius 2 is 2.20 bits per heavy atom. The molecular weight excluding hydrogens is 259 g/mol. The minimum Gasteiger partial charge on any atom is -0.508 e. The molecule has 0 atom stereocenters. The summed E-state index contributed by atoms with van der Waals surface area (Å²) < 4.78 is 13.5. The summed E-state index contributed by atoms with van der Waals surface area (Å²) in [6.45, 7) is 2.35. The number of nitrogens with zero attached hydrogens (tertiary/aromatic N) is 1. The molecule has 0 aliphatic rings. The van der Waals surface area contributed by atoms with Gasteiger partial charge in [0.25, 0.3) is 5.91 Å². The first-order valence-corrected chi connectivity index (χ1v) is 6.24. The lowest BCUT2D eigenvalue weighted by molar-refractivity contribution is 0.0950. The number of benzene rings is 1. The molecule has 0 radical (unpaired) electrons. The highest BCUT2D eigenvalue weighted by molar-refractivity contribution is 5.94. The van der Waals surface area contributed by atoms with Crippen LogP contribution in [0, 0.1) is 12.7 Å². The van der Waals surface area contributed by atoms with Gasteiger partial charge in [-0.2, -0.15) is 0 Å². The number of carbonyl (C=O) groups is 1. The minimum atomic E-state index is -0.734. The van der Waals surface area contributed by atoms with Crippen LogP contribution < -0.4 is 5.32 Å². The van der Waals surface area contributed by atoms with E-state index >= 15 is 0 Å². The Bertz CT molecular complexity index is 629. The molecule has 0 aliphatic heterocycles. The molecule has 1 aromatic heterocycles. The first kappa shape index (κ1) is 14.0. The topological polar surface area (TPSA) is 62.2 Å². The van der Waals surface area contributed by atoms with Gasteiger partial charge in [0.15, 0.2) is 0 Å². The first-order chi connectivity index (χ1) is 9.58. The highest BCUT2D eigenvalue weighted by atomic mass is 19.1. The zero-order valence-electron chi connectivity index (χ0n) is 11.1. The van der Waals surface area contributed by atoms with Crippen molar-refractivity contribution >= 4 is 5.91 Å². The van der Waals surface area contributed by atoms with Gasteiger partial charge in [-0.25, -0.2) is 4.39 Å². The Morgan fingerprint density at radius 3 is 2.90 bits per heavy atom. The van der Waals surface area contributed by atoms with E-state index < -0.39 is 11.7 Å². The zero-order chi connectivity index (χ0) is 14.5. The van der Waals surface area contributed by atoms with Gasteiger partial charge in [-0.1, -0.05) is 0 Å². The predicted octanol–water partition coefficient (Wildman–Crippen LogP) is 2.21. The Kier molecular flexibility index (Phi) is 4.30. The van der Waals surface area contributed by atoms with Crippen molar-refractivity contribution in [3.05, 3.63) is 59.2 Å². The smallest absolute Gasteiger partial charge is 0.254 e. The maximum atomic E-state index is 13.5. The molecule has 1 heterocycles. The molecule has 0 bridgehead atoms. The van der Waals surface area contributed by atoms with Crippen LogP contribution in [0.1, 0.15) is 21.5 Å². The summed E-state index contributed by atoms with van der Waals surface area (Å²) in [5, 5.41) is 11.8. The molecule has 2 aromatic rings. The number of aryl methyl sites for hydroxylation is 1. The number of aromatic nitrogens is 1. The Balaban J connectivity index is 1.94. The van der Waals surface area contributed by atoms with Crippen molar-refractivity contribution in [3.63, 3.8) is 0 Å². The van der Waals surface area contributed by atoms with Crippen molar-refractivity contribution in [3.8, 4) is 5.75 Å². The van der Waals surface area contributed by atoms with E-state index in [4.69, 9.17) is 5.11 Å². The average Bonchev–Trinajstić information content (AvgIpc) is 2.40. The molecule has 1 amide bonds. The van der Waals surface area contributed by atoms with E-state index in [1.165, 1.54) is 12.1 Å². The van der Waals surface area contributed by atoms with E-state index in [0.29, 0.717) is 13.0 Å². The highest BCUT2D eigenvalue weighted by Crippen LogP contribution is 2.14. The van der Waals surface area contributed by atoms with Crippen molar-refractivity contribution in [1.82, 2.24) is 10.3 Å². The summed E-state index contributed by atoms with van der Waals surface area (Å²) in [7, 11) is 0. The van der Waals surface area contributed by atoms with Crippen LogP contribution in [-0.2, 0) is 6.42 Å².